The number of nitrogens with one attached hydrogen (secondary N) is 2. The van der Waals surface area contributed by atoms with Crippen LogP contribution in [0.5, 0.6) is 0 Å². The molecule has 24 heavy (non-hydrogen) atoms. The molecular weight excluding hydrogens is 314 g/mol. The Balaban J connectivity index is 2.00. The minimum absolute atomic E-state index is 0.198. The first-order valence-corrected chi connectivity index (χ1v) is 7.44. The molecule has 0 aliphatic heterocycles. The van der Waals surface area contributed by atoms with Gasteiger partial charge in [-0.1, -0.05) is 18.2 Å². The summed E-state index contributed by atoms with van der Waals surface area (Å²) >= 11 is 0. The van der Waals surface area contributed by atoms with E-state index < -0.39 is 29.9 Å². The molecule has 0 aliphatic rings. The Morgan fingerprint density at radius 1 is 1.21 bits per heavy atom. The van der Waals surface area contributed by atoms with E-state index in [9.17, 15) is 14.4 Å². The molecule has 1 aromatic heterocycles. The third-order valence-electron chi connectivity index (χ3n) is 3.71. The number of aromatic amines is 1. The number of hydrogen-bond donors (Lipinski definition) is 5. The second-order valence-corrected chi connectivity index (χ2v) is 5.50. The Hall–Kier alpha value is -2.87. The topological polar surface area (TPSA) is 146 Å². The Morgan fingerprint density at radius 3 is 2.58 bits per heavy atom. The standard InChI is InChI=1S/C16H19N3O5/c17-11(7-9-8-18-12-4-2-1-3-10(9)12)15(22)19-13(16(23)24)5-6-14(20)21/h1-4,8,11,13,18H,5-7,17H2,(H,19,22)(H,20,21)(H,23,24)/t11-,13+/m0/s1. The van der Waals surface area contributed by atoms with Crippen molar-refractivity contribution >= 4 is 28.7 Å². The first-order valence-electron chi connectivity index (χ1n) is 7.44. The molecular formula is C16H19N3O5. The van der Waals surface area contributed by atoms with E-state index in [2.05, 4.69) is 10.3 Å². The Kier molecular flexibility index (Phi) is 5.54. The van der Waals surface area contributed by atoms with E-state index in [0.717, 1.165) is 16.5 Å². The molecule has 1 heterocycles. The lowest BCUT2D eigenvalue weighted by atomic mass is 10.0. The number of carboxylic acids is 2. The van der Waals surface area contributed by atoms with Gasteiger partial charge in [0, 0.05) is 23.5 Å². The van der Waals surface area contributed by atoms with Crippen LogP contribution >= 0.6 is 0 Å². The van der Waals surface area contributed by atoms with Crippen molar-refractivity contribution in [3.8, 4) is 0 Å². The molecule has 8 nitrogen and oxygen atoms in total. The van der Waals surface area contributed by atoms with Crippen LogP contribution in [0.3, 0.4) is 0 Å². The molecule has 0 radical (unpaired) electrons. The maximum atomic E-state index is 12.1. The van der Waals surface area contributed by atoms with Crippen LogP contribution in [0, 0.1) is 0 Å². The maximum absolute atomic E-state index is 12.1. The zero-order valence-corrected chi connectivity index (χ0v) is 12.9. The van der Waals surface area contributed by atoms with Crippen LogP contribution in [0.2, 0.25) is 0 Å². The minimum Gasteiger partial charge on any atom is -0.481 e. The Labute approximate surface area is 137 Å². The van der Waals surface area contributed by atoms with Gasteiger partial charge >= 0.3 is 11.9 Å². The van der Waals surface area contributed by atoms with Gasteiger partial charge in [0.1, 0.15) is 6.04 Å². The lowest BCUT2D eigenvalue weighted by Gasteiger charge is -2.17. The summed E-state index contributed by atoms with van der Waals surface area (Å²) in [7, 11) is 0. The van der Waals surface area contributed by atoms with E-state index in [1.165, 1.54) is 0 Å². The molecule has 0 bridgehead atoms. The van der Waals surface area contributed by atoms with Crippen molar-refractivity contribution in [3.05, 3.63) is 36.0 Å². The predicted octanol–water partition coefficient (Wildman–Crippen LogP) is 0.472. The van der Waals surface area contributed by atoms with Crippen molar-refractivity contribution in [2.24, 2.45) is 5.73 Å². The third kappa shape index (κ3) is 4.32. The summed E-state index contributed by atoms with van der Waals surface area (Å²) in [5, 5.41) is 20.9. The summed E-state index contributed by atoms with van der Waals surface area (Å²) in [5.74, 6) is -3.04. The average Bonchev–Trinajstić information content (AvgIpc) is 2.94. The summed E-state index contributed by atoms with van der Waals surface area (Å²) < 4.78 is 0. The number of H-pyrrole nitrogens is 1. The highest BCUT2D eigenvalue weighted by Crippen LogP contribution is 2.18. The van der Waals surface area contributed by atoms with Gasteiger partial charge < -0.3 is 26.2 Å². The van der Waals surface area contributed by atoms with Gasteiger partial charge in [-0.3, -0.25) is 9.59 Å². The highest BCUT2D eigenvalue weighted by atomic mass is 16.4. The van der Waals surface area contributed by atoms with Gasteiger partial charge in [0.2, 0.25) is 5.91 Å². The smallest absolute Gasteiger partial charge is 0.326 e. The molecule has 0 spiro atoms. The number of rotatable bonds is 8. The normalized spacial score (nSPS) is 13.4. The van der Waals surface area contributed by atoms with Crippen molar-refractivity contribution in [2.45, 2.75) is 31.3 Å². The van der Waals surface area contributed by atoms with Gasteiger partial charge in [-0.05, 0) is 24.5 Å². The second-order valence-electron chi connectivity index (χ2n) is 5.50. The van der Waals surface area contributed by atoms with Crippen molar-refractivity contribution in [1.82, 2.24) is 10.3 Å². The Bertz CT molecular complexity index is 755. The molecule has 128 valence electrons. The van der Waals surface area contributed by atoms with Crippen LogP contribution in [-0.4, -0.2) is 45.1 Å². The van der Waals surface area contributed by atoms with E-state index in [0.29, 0.717) is 0 Å². The Morgan fingerprint density at radius 2 is 1.92 bits per heavy atom. The van der Waals surface area contributed by atoms with E-state index in [-0.39, 0.29) is 19.3 Å². The highest BCUT2D eigenvalue weighted by Gasteiger charge is 2.24. The van der Waals surface area contributed by atoms with Crippen LogP contribution in [0.15, 0.2) is 30.5 Å². The van der Waals surface area contributed by atoms with Gasteiger partial charge in [0.15, 0.2) is 0 Å². The molecule has 2 aromatic rings. The van der Waals surface area contributed by atoms with E-state index in [4.69, 9.17) is 15.9 Å². The number of amides is 1. The fourth-order valence-electron chi connectivity index (χ4n) is 2.43. The van der Waals surface area contributed by atoms with Gasteiger partial charge in [0.25, 0.3) is 0 Å². The summed E-state index contributed by atoms with van der Waals surface area (Å²) in [6.07, 6.45) is 1.45. The number of carbonyl (C=O) groups is 3. The number of aromatic nitrogens is 1. The summed E-state index contributed by atoms with van der Waals surface area (Å²) in [6, 6.07) is 5.35. The van der Waals surface area contributed by atoms with Gasteiger partial charge in [0.05, 0.1) is 6.04 Å². The fourth-order valence-corrected chi connectivity index (χ4v) is 2.43. The number of carbonyl (C=O) groups excluding carboxylic acids is 1. The highest BCUT2D eigenvalue weighted by molar-refractivity contribution is 5.88. The van der Waals surface area contributed by atoms with Crippen LogP contribution in [0.1, 0.15) is 18.4 Å². The first-order chi connectivity index (χ1) is 11.4. The number of benzene rings is 1. The zero-order valence-electron chi connectivity index (χ0n) is 12.9. The molecule has 0 saturated heterocycles. The van der Waals surface area contributed by atoms with Crippen LogP contribution < -0.4 is 11.1 Å². The summed E-state index contributed by atoms with van der Waals surface area (Å²) in [4.78, 5) is 36.8. The van der Waals surface area contributed by atoms with E-state index in [1.54, 1.807) is 6.20 Å². The average molecular weight is 333 g/mol. The lowest BCUT2D eigenvalue weighted by molar-refractivity contribution is -0.143. The predicted molar refractivity (Wildman–Crippen MR) is 86.4 cm³/mol. The van der Waals surface area contributed by atoms with Gasteiger partial charge in [-0.25, -0.2) is 4.79 Å². The number of para-hydroxylation sites is 1. The molecule has 0 unspecified atom stereocenters. The number of nitrogens with two attached hydrogens (primary N) is 1. The first kappa shape index (κ1) is 17.5. The van der Waals surface area contributed by atoms with Gasteiger partial charge in [-0.15, -0.1) is 0 Å². The van der Waals surface area contributed by atoms with Crippen molar-refractivity contribution in [3.63, 3.8) is 0 Å². The molecule has 0 saturated carbocycles. The third-order valence-corrected chi connectivity index (χ3v) is 3.71. The number of carboxylic acid groups (broad SMARTS) is 2. The maximum Gasteiger partial charge on any atom is 0.326 e. The number of hydrogen-bond acceptors (Lipinski definition) is 4. The minimum atomic E-state index is -1.29. The summed E-state index contributed by atoms with van der Waals surface area (Å²) in [6.45, 7) is 0. The second kappa shape index (κ2) is 7.60. The SMILES string of the molecule is N[C@@H](Cc1c[nH]c2ccccc12)C(=O)N[C@H](CCC(=O)O)C(=O)O. The molecule has 2 rings (SSSR count). The molecule has 2 atom stereocenters. The van der Waals surface area contributed by atoms with Crippen molar-refractivity contribution < 1.29 is 24.6 Å². The number of fused-ring (bicyclic) bond motifs is 1. The van der Waals surface area contributed by atoms with E-state index in [1.807, 2.05) is 24.3 Å². The molecule has 1 aromatic carbocycles. The van der Waals surface area contributed by atoms with Crippen molar-refractivity contribution in [2.75, 3.05) is 0 Å². The number of aliphatic carboxylic acids is 2. The largest absolute Gasteiger partial charge is 0.481 e. The van der Waals surface area contributed by atoms with Crippen LogP contribution in [0.4, 0.5) is 0 Å². The molecule has 8 heteroatoms. The van der Waals surface area contributed by atoms with Crippen molar-refractivity contribution in [1.29, 1.82) is 0 Å². The van der Waals surface area contributed by atoms with E-state index >= 15 is 0 Å². The molecule has 0 aliphatic carbocycles. The quantitative estimate of drug-likeness (QED) is 0.475. The fraction of sp³-hybridized carbons (Fsp3) is 0.312. The molecule has 0 fully saturated rings. The molecule has 1 amide bonds. The lowest BCUT2D eigenvalue weighted by Crippen LogP contribution is -2.49. The van der Waals surface area contributed by atoms with Crippen LogP contribution in [-0.2, 0) is 20.8 Å². The van der Waals surface area contributed by atoms with Gasteiger partial charge in [-0.2, -0.15) is 0 Å². The zero-order chi connectivity index (χ0) is 17.7. The molecule has 6 N–H and O–H groups in total. The summed E-state index contributed by atoms with van der Waals surface area (Å²) in [5.41, 5.74) is 7.64. The van der Waals surface area contributed by atoms with Crippen LogP contribution in [0.25, 0.3) is 10.9 Å². The monoisotopic (exact) mass is 333 g/mol.